The number of rotatable bonds is 4. The van der Waals surface area contributed by atoms with Gasteiger partial charge >= 0.3 is 5.97 Å². The molecule has 1 saturated heterocycles. The highest BCUT2D eigenvalue weighted by atomic mass is 16.5. The standard InChI is InChI=1S/C12H22N2O3/c1-4-7-12(2,13)11(16)14-8-5-6-9(14)10(15)17-3/h9H,4-8,13H2,1-3H3. The van der Waals surface area contributed by atoms with Crippen molar-refractivity contribution in [2.45, 2.75) is 51.1 Å². The van der Waals surface area contributed by atoms with Crippen molar-refractivity contribution in [1.82, 2.24) is 4.90 Å². The molecular weight excluding hydrogens is 220 g/mol. The number of hydrogen-bond donors (Lipinski definition) is 1. The number of nitrogens with two attached hydrogens (primary N) is 1. The highest BCUT2D eigenvalue weighted by molar-refractivity contribution is 5.90. The molecule has 1 heterocycles. The van der Waals surface area contributed by atoms with E-state index in [9.17, 15) is 9.59 Å². The fraction of sp³-hybridized carbons (Fsp3) is 0.833. The summed E-state index contributed by atoms with van der Waals surface area (Å²) in [6.07, 6.45) is 2.96. The summed E-state index contributed by atoms with van der Waals surface area (Å²) in [5.41, 5.74) is 5.13. The lowest BCUT2D eigenvalue weighted by atomic mass is 9.95. The summed E-state index contributed by atoms with van der Waals surface area (Å²) >= 11 is 0. The minimum Gasteiger partial charge on any atom is -0.467 e. The number of carbonyl (C=O) groups is 2. The Morgan fingerprint density at radius 2 is 2.18 bits per heavy atom. The van der Waals surface area contributed by atoms with E-state index in [0.29, 0.717) is 19.4 Å². The second kappa shape index (κ2) is 5.49. The summed E-state index contributed by atoms with van der Waals surface area (Å²) in [6, 6.07) is -0.452. The first-order valence-electron chi connectivity index (χ1n) is 6.11. The van der Waals surface area contributed by atoms with E-state index in [1.54, 1.807) is 11.8 Å². The molecular formula is C12H22N2O3. The largest absolute Gasteiger partial charge is 0.467 e. The molecule has 1 fully saturated rings. The highest BCUT2D eigenvalue weighted by Gasteiger charge is 2.40. The van der Waals surface area contributed by atoms with Crippen LogP contribution in [-0.2, 0) is 14.3 Å². The van der Waals surface area contributed by atoms with Gasteiger partial charge in [0.15, 0.2) is 0 Å². The molecule has 1 amide bonds. The van der Waals surface area contributed by atoms with Gasteiger partial charge in [-0.1, -0.05) is 13.3 Å². The van der Waals surface area contributed by atoms with Crippen LogP contribution >= 0.6 is 0 Å². The van der Waals surface area contributed by atoms with Crippen LogP contribution in [0.15, 0.2) is 0 Å². The molecule has 1 aliphatic rings. The molecule has 0 aromatic heterocycles. The SMILES string of the molecule is CCCC(C)(N)C(=O)N1CCCC1C(=O)OC. The van der Waals surface area contributed by atoms with Crippen molar-refractivity contribution in [3.05, 3.63) is 0 Å². The summed E-state index contributed by atoms with van der Waals surface area (Å²) < 4.78 is 4.71. The third-order valence-electron chi connectivity index (χ3n) is 3.24. The van der Waals surface area contributed by atoms with Gasteiger partial charge in [0.05, 0.1) is 12.6 Å². The van der Waals surface area contributed by atoms with Crippen molar-refractivity contribution >= 4 is 11.9 Å². The van der Waals surface area contributed by atoms with E-state index in [-0.39, 0.29) is 11.9 Å². The number of hydrogen-bond acceptors (Lipinski definition) is 4. The molecule has 0 spiro atoms. The predicted octanol–water partition coefficient (Wildman–Crippen LogP) is 0.668. The average Bonchev–Trinajstić information content (AvgIpc) is 2.75. The van der Waals surface area contributed by atoms with E-state index in [4.69, 9.17) is 10.5 Å². The molecule has 0 bridgehead atoms. The second-order valence-electron chi connectivity index (χ2n) is 4.85. The molecule has 2 atom stereocenters. The Morgan fingerprint density at radius 3 is 2.71 bits per heavy atom. The van der Waals surface area contributed by atoms with Crippen molar-refractivity contribution in [3.8, 4) is 0 Å². The van der Waals surface area contributed by atoms with Crippen molar-refractivity contribution in [2.24, 2.45) is 5.73 Å². The van der Waals surface area contributed by atoms with Crippen LogP contribution in [0.25, 0.3) is 0 Å². The Balaban J connectivity index is 2.77. The zero-order valence-corrected chi connectivity index (χ0v) is 10.9. The van der Waals surface area contributed by atoms with E-state index >= 15 is 0 Å². The molecule has 0 saturated carbocycles. The maximum absolute atomic E-state index is 12.3. The zero-order valence-electron chi connectivity index (χ0n) is 10.9. The number of likely N-dealkylation sites (tertiary alicyclic amines) is 1. The molecule has 2 unspecified atom stereocenters. The predicted molar refractivity (Wildman–Crippen MR) is 64.3 cm³/mol. The van der Waals surface area contributed by atoms with Crippen LogP contribution in [-0.4, -0.2) is 42.0 Å². The van der Waals surface area contributed by atoms with Crippen LogP contribution in [0.2, 0.25) is 0 Å². The number of nitrogens with zero attached hydrogens (tertiary/aromatic N) is 1. The highest BCUT2D eigenvalue weighted by Crippen LogP contribution is 2.23. The smallest absolute Gasteiger partial charge is 0.328 e. The monoisotopic (exact) mass is 242 g/mol. The van der Waals surface area contributed by atoms with Crippen LogP contribution in [0.1, 0.15) is 39.5 Å². The van der Waals surface area contributed by atoms with Gasteiger partial charge in [0, 0.05) is 6.54 Å². The van der Waals surface area contributed by atoms with Gasteiger partial charge in [-0.2, -0.15) is 0 Å². The quantitative estimate of drug-likeness (QED) is 0.735. The van der Waals surface area contributed by atoms with Gasteiger partial charge in [0.2, 0.25) is 5.91 Å². The Morgan fingerprint density at radius 1 is 1.53 bits per heavy atom. The van der Waals surface area contributed by atoms with Crippen LogP contribution < -0.4 is 5.73 Å². The summed E-state index contributed by atoms with van der Waals surface area (Å²) in [6.45, 7) is 4.31. The molecule has 0 aromatic carbocycles. The van der Waals surface area contributed by atoms with Crippen LogP contribution in [0.3, 0.4) is 0 Å². The molecule has 0 radical (unpaired) electrons. The van der Waals surface area contributed by atoms with Crippen LogP contribution in [0.4, 0.5) is 0 Å². The van der Waals surface area contributed by atoms with Gasteiger partial charge < -0.3 is 15.4 Å². The summed E-state index contributed by atoms with van der Waals surface area (Å²) in [5.74, 6) is -0.490. The van der Waals surface area contributed by atoms with Crippen molar-refractivity contribution in [2.75, 3.05) is 13.7 Å². The number of ether oxygens (including phenoxy) is 1. The number of esters is 1. The molecule has 0 aliphatic carbocycles. The van der Waals surface area contributed by atoms with Gasteiger partial charge in [-0.15, -0.1) is 0 Å². The van der Waals surface area contributed by atoms with Gasteiger partial charge in [0.1, 0.15) is 6.04 Å². The van der Waals surface area contributed by atoms with Gasteiger partial charge in [-0.3, -0.25) is 4.79 Å². The summed E-state index contributed by atoms with van der Waals surface area (Å²) in [7, 11) is 1.34. The molecule has 5 heteroatoms. The van der Waals surface area contributed by atoms with E-state index in [0.717, 1.165) is 12.8 Å². The lowest BCUT2D eigenvalue weighted by Gasteiger charge is -2.31. The second-order valence-corrected chi connectivity index (χ2v) is 4.85. The molecule has 5 nitrogen and oxygen atoms in total. The van der Waals surface area contributed by atoms with Crippen LogP contribution in [0, 0.1) is 0 Å². The van der Waals surface area contributed by atoms with Crippen LogP contribution in [0.5, 0.6) is 0 Å². The fourth-order valence-corrected chi connectivity index (χ4v) is 2.35. The van der Waals surface area contributed by atoms with Gasteiger partial charge in [0.25, 0.3) is 0 Å². The van der Waals surface area contributed by atoms with E-state index in [2.05, 4.69) is 0 Å². The Labute approximate surface area is 102 Å². The molecule has 2 N–H and O–H groups in total. The Bertz CT molecular complexity index is 302. The lowest BCUT2D eigenvalue weighted by Crippen LogP contribution is -2.55. The number of carbonyl (C=O) groups excluding carboxylic acids is 2. The summed E-state index contributed by atoms with van der Waals surface area (Å²) in [5, 5.41) is 0. The first kappa shape index (κ1) is 14.0. The number of methoxy groups -OCH3 is 1. The molecule has 1 aliphatic heterocycles. The first-order valence-corrected chi connectivity index (χ1v) is 6.11. The molecule has 0 aromatic rings. The molecule has 17 heavy (non-hydrogen) atoms. The zero-order chi connectivity index (χ0) is 13.1. The van der Waals surface area contributed by atoms with E-state index in [1.165, 1.54) is 7.11 Å². The molecule has 1 rings (SSSR count). The first-order chi connectivity index (χ1) is 7.94. The molecule has 98 valence electrons. The lowest BCUT2D eigenvalue weighted by molar-refractivity contribution is -0.152. The van der Waals surface area contributed by atoms with Crippen molar-refractivity contribution in [1.29, 1.82) is 0 Å². The third-order valence-corrected chi connectivity index (χ3v) is 3.24. The third kappa shape index (κ3) is 2.97. The normalized spacial score (nSPS) is 23.3. The maximum Gasteiger partial charge on any atom is 0.328 e. The minimum absolute atomic E-state index is 0.146. The minimum atomic E-state index is -0.884. The van der Waals surface area contributed by atoms with Crippen molar-refractivity contribution in [3.63, 3.8) is 0 Å². The average molecular weight is 242 g/mol. The Hall–Kier alpha value is -1.10. The van der Waals surface area contributed by atoms with E-state index in [1.807, 2.05) is 6.92 Å². The Kier molecular flexibility index (Phi) is 4.51. The van der Waals surface area contributed by atoms with Crippen molar-refractivity contribution < 1.29 is 14.3 Å². The van der Waals surface area contributed by atoms with Gasteiger partial charge in [-0.25, -0.2) is 4.79 Å². The summed E-state index contributed by atoms with van der Waals surface area (Å²) in [4.78, 5) is 25.4. The van der Waals surface area contributed by atoms with E-state index < -0.39 is 11.6 Å². The maximum atomic E-state index is 12.3. The van der Waals surface area contributed by atoms with Gasteiger partial charge in [-0.05, 0) is 26.2 Å². The fourth-order valence-electron chi connectivity index (χ4n) is 2.35. The number of amides is 1. The topological polar surface area (TPSA) is 72.6 Å².